The minimum Gasteiger partial charge on any atom is -0.464 e. The van der Waals surface area contributed by atoms with E-state index >= 15 is 0 Å². The summed E-state index contributed by atoms with van der Waals surface area (Å²) in [7, 11) is -4.00. The van der Waals surface area contributed by atoms with E-state index in [0.29, 0.717) is 0 Å². The average molecular weight is 168 g/mol. The molecule has 60 valence electrons. The van der Waals surface area contributed by atoms with Crippen LogP contribution in [0.25, 0.3) is 0 Å². The summed E-state index contributed by atoms with van der Waals surface area (Å²) >= 11 is 0. The van der Waals surface area contributed by atoms with Gasteiger partial charge in [0, 0.05) is 0 Å². The van der Waals surface area contributed by atoms with Crippen LogP contribution in [-0.2, 0) is 14.9 Å². The van der Waals surface area contributed by atoms with Crippen LogP contribution in [0.5, 0.6) is 0 Å². The molecule has 0 atom stereocenters. The Morgan fingerprint density at radius 1 is 1.70 bits per heavy atom. The lowest BCUT2D eigenvalue weighted by Gasteiger charge is -1.99. The highest BCUT2D eigenvalue weighted by atomic mass is 32.2. The lowest BCUT2D eigenvalue weighted by molar-refractivity contribution is 0.315. The van der Waals surface area contributed by atoms with Crippen LogP contribution in [0, 0.1) is 5.41 Å². The van der Waals surface area contributed by atoms with E-state index in [4.69, 9.17) is 15.7 Å². The van der Waals surface area contributed by atoms with Gasteiger partial charge in [-0.3, -0.25) is 9.96 Å². The molecule has 0 spiro atoms. The number of rotatable bonds is 3. The second-order valence-corrected chi connectivity index (χ2v) is 3.07. The van der Waals surface area contributed by atoms with Crippen molar-refractivity contribution >= 4 is 16.1 Å². The third kappa shape index (κ3) is 7.18. The summed E-state index contributed by atoms with van der Waals surface area (Å²) in [6, 6.07) is -0.566. The second kappa shape index (κ2) is 3.37. The Balaban J connectivity index is 3.49. The molecule has 0 aliphatic carbocycles. The van der Waals surface area contributed by atoms with Crippen LogP contribution in [0.1, 0.15) is 0 Å². The summed E-state index contributed by atoms with van der Waals surface area (Å²) < 4.78 is 32.3. The van der Waals surface area contributed by atoms with E-state index in [0.717, 1.165) is 0 Å². The number of hydrogen-bond acceptors (Lipinski definition) is 4. The van der Waals surface area contributed by atoms with Crippen LogP contribution in [0.3, 0.4) is 0 Å². The highest BCUT2D eigenvalue weighted by Crippen LogP contribution is 1.81. The van der Waals surface area contributed by atoms with Crippen molar-refractivity contribution in [2.24, 2.45) is 5.73 Å². The predicted octanol–water partition coefficient (Wildman–Crippen LogP) is -1.22. The van der Waals surface area contributed by atoms with Crippen LogP contribution < -0.4 is 5.73 Å². The molecule has 6 nitrogen and oxygen atoms in total. The normalized spacial score (nSPS) is 10.9. The zero-order chi connectivity index (χ0) is 8.20. The lowest BCUT2D eigenvalue weighted by Crippen LogP contribution is -2.19. The number of nitrogens with one attached hydrogen (secondary N) is 1. The summed E-state index contributed by atoms with van der Waals surface area (Å²) in [5.41, 5.74) is 4.71. The monoisotopic (exact) mass is 168 g/mol. The first-order chi connectivity index (χ1) is 4.42. The van der Waals surface area contributed by atoms with Crippen molar-refractivity contribution in [2.75, 3.05) is 12.4 Å². The second-order valence-electron chi connectivity index (χ2n) is 1.50. The third-order valence-corrected chi connectivity index (χ3v) is 1.28. The van der Waals surface area contributed by atoms with Crippen molar-refractivity contribution in [3.8, 4) is 0 Å². The van der Waals surface area contributed by atoms with Crippen LogP contribution in [0.2, 0.25) is 0 Å². The Labute approximate surface area is 58.2 Å². The minimum absolute atomic E-state index is 0.297. The smallest absolute Gasteiger partial charge is 0.279 e. The minimum atomic E-state index is -4.00. The molecule has 0 bridgehead atoms. The van der Waals surface area contributed by atoms with Crippen molar-refractivity contribution in [3.05, 3.63) is 0 Å². The van der Waals surface area contributed by atoms with Crippen molar-refractivity contribution < 1.29 is 17.7 Å². The molecule has 0 radical (unpaired) electrons. The van der Waals surface area contributed by atoms with E-state index in [1.54, 1.807) is 0 Å². The van der Waals surface area contributed by atoms with Crippen molar-refractivity contribution in [3.63, 3.8) is 0 Å². The summed E-state index contributed by atoms with van der Waals surface area (Å²) in [4.78, 5) is 0. The molecule has 0 saturated heterocycles. The fourth-order valence-electron chi connectivity index (χ4n) is 0.257. The van der Waals surface area contributed by atoms with Crippen LogP contribution in [0.4, 0.5) is 0 Å². The zero-order valence-electron chi connectivity index (χ0n) is 5.07. The molecular weight excluding hydrogens is 160 g/mol. The number of nitrogens with two attached hydrogens (primary N) is 1. The SMILES string of the molecule is N=C(N)OCCS(=O)(=O)O. The molecule has 0 rings (SSSR count). The van der Waals surface area contributed by atoms with Gasteiger partial charge < -0.3 is 10.5 Å². The predicted molar refractivity (Wildman–Crippen MR) is 34.3 cm³/mol. The first-order valence-electron chi connectivity index (χ1n) is 2.34. The van der Waals surface area contributed by atoms with Gasteiger partial charge in [-0.1, -0.05) is 0 Å². The Bertz CT molecular complexity index is 209. The number of ether oxygens (including phenoxy) is 1. The lowest BCUT2D eigenvalue weighted by atomic mass is 10.8. The van der Waals surface area contributed by atoms with Gasteiger partial charge in [-0.05, 0) is 0 Å². The maximum atomic E-state index is 9.98. The fraction of sp³-hybridized carbons (Fsp3) is 0.667. The van der Waals surface area contributed by atoms with Gasteiger partial charge in [0.1, 0.15) is 12.4 Å². The third-order valence-electron chi connectivity index (χ3n) is 0.599. The molecular formula is C3H8N2O4S. The van der Waals surface area contributed by atoms with E-state index < -0.39 is 21.9 Å². The first-order valence-corrected chi connectivity index (χ1v) is 3.95. The quantitative estimate of drug-likeness (QED) is 0.278. The van der Waals surface area contributed by atoms with Gasteiger partial charge in [0.15, 0.2) is 0 Å². The van der Waals surface area contributed by atoms with E-state index in [1.165, 1.54) is 0 Å². The molecule has 0 unspecified atom stereocenters. The van der Waals surface area contributed by atoms with Gasteiger partial charge >= 0.3 is 0 Å². The molecule has 0 saturated carbocycles. The zero-order valence-corrected chi connectivity index (χ0v) is 5.89. The molecule has 4 N–H and O–H groups in total. The van der Waals surface area contributed by atoms with Crippen molar-refractivity contribution in [2.45, 2.75) is 0 Å². The molecule has 0 fully saturated rings. The maximum Gasteiger partial charge on any atom is 0.279 e. The largest absolute Gasteiger partial charge is 0.464 e. The summed E-state index contributed by atoms with van der Waals surface area (Å²) in [5.74, 6) is -0.549. The van der Waals surface area contributed by atoms with Gasteiger partial charge in [0.05, 0.1) is 0 Å². The number of amidine groups is 1. The van der Waals surface area contributed by atoms with Gasteiger partial charge in [0.25, 0.3) is 16.1 Å². The standard InChI is InChI=1S/C3H8N2O4S/c4-3(5)9-1-2-10(6,7)8/h1-2H2,(H3,4,5)(H,6,7,8). The fourth-order valence-corrected chi connectivity index (χ4v) is 0.551. The summed E-state index contributed by atoms with van der Waals surface area (Å²) in [5, 5.41) is 6.48. The molecule has 0 aromatic rings. The molecule has 10 heavy (non-hydrogen) atoms. The Morgan fingerprint density at radius 3 is 2.50 bits per heavy atom. The maximum absolute atomic E-state index is 9.98. The van der Waals surface area contributed by atoms with E-state index in [1.807, 2.05) is 0 Å². The summed E-state index contributed by atoms with van der Waals surface area (Å²) in [6.07, 6.45) is 0. The van der Waals surface area contributed by atoms with E-state index in [9.17, 15) is 8.42 Å². The molecule has 0 aliphatic rings. The Hall–Kier alpha value is -0.820. The molecule has 0 amide bonds. The molecule has 7 heteroatoms. The highest BCUT2D eigenvalue weighted by Gasteiger charge is 2.03. The Kier molecular flexibility index (Phi) is 3.10. The van der Waals surface area contributed by atoms with Crippen molar-refractivity contribution in [1.82, 2.24) is 0 Å². The van der Waals surface area contributed by atoms with Crippen LogP contribution in [-0.4, -0.2) is 31.4 Å². The molecule has 0 aromatic carbocycles. The highest BCUT2D eigenvalue weighted by molar-refractivity contribution is 7.85. The van der Waals surface area contributed by atoms with Gasteiger partial charge in [-0.25, -0.2) is 0 Å². The first kappa shape index (κ1) is 9.18. The van der Waals surface area contributed by atoms with Crippen LogP contribution >= 0.6 is 0 Å². The summed E-state index contributed by atoms with van der Waals surface area (Å²) in [6.45, 7) is -0.297. The molecule has 0 aliphatic heterocycles. The average Bonchev–Trinajstić information content (AvgIpc) is 1.59. The van der Waals surface area contributed by atoms with Crippen molar-refractivity contribution in [1.29, 1.82) is 5.41 Å². The van der Waals surface area contributed by atoms with Gasteiger partial charge in [-0.2, -0.15) is 8.42 Å². The van der Waals surface area contributed by atoms with E-state index in [-0.39, 0.29) is 6.61 Å². The topological polar surface area (TPSA) is 113 Å². The molecule has 0 heterocycles. The number of hydrogen-bond donors (Lipinski definition) is 3. The van der Waals surface area contributed by atoms with Gasteiger partial charge in [-0.15, -0.1) is 0 Å². The van der Waals surface area contributed by atoms with Gasteiger partial charge in [0.2, 0.25) is 0 Å². The Morgan fingerprint density at radius 2 is 2.20 bits per heavy atom. The van der Waals surface area contributed by atoms with Crippen LogP contribution in [0.15, 0.2) is 0 Å². The van der Waals surface area contributed by atoms with E-state index in [2.05, 4.69) is 4.74 Å². The molecule has 0 aromatic heterocycles.